The van der Waals surface area contributed by atoms with Crippen LogP contribution in [0.2, 0.25) is 5.02 Å². The van der Waals surface area contributed by atoms with Gasteiger partial charge in [0.2, 0.25) is 0 Å². The molecule has 2 aliphatic rings. The van der Waals surface area contributed by atoms with Gasteiger partial charge in [-0.05, 0) is 70.7 Å². The zero-order chi connectivity index (χ0) is 25.3. The second kappa shape index (κ2) is 10.4. The molecule has 35 heavy (non-hydrogen) atoms. The maximum absolute atomic E-state index is 13.7. The number of esters is 1. The molecule has 5 nitrogen and oxygen atoms in total. The molecule has 0 aromatic heterocycles. The standard InChI is InChI=1S/C29H32ClNO4/c1-16(2)34-25-9-7-6-8-22(25)27-26(29(33)35-17(3)4)18(5)31-23-14-20(15-24(32)28(23)27)19-10-12-21(30)13-11-19/h6-13,16-17,20,26-27H,14-15H2,1-5H3/t20-,26?,27+/m1/s1. The number of ketones is 1. The first-order chi connectivity index (χ1) is 16.7. The summed E-state index contributed by atoms with van der Waals surface area (Å²) in [4.78, 5) is 31.9. The summed E-state index contributed by atoms with van der Waals surface area (Å²) in [5, 5.41) is 0.663. The molecule has 0 bridgehead atoms. The number of aliphatic imine (C=N–C) groups is 1. The van der Waals surface area contributed by atoms with Crippen molar-refractivity contribution >= 4 is 29.1 Å². The van der Waals surface area contributed by atoms with Crippen LogP contribution >= 0.6 is 11.6 Å². The van der Waals surface area contributed by atoms with Gasteiger partial charge in [-0.25, -0.2) is 0 Å². The van der Waals surface area contributed by atoms with Crippen LogP contribution in [0.25, 0.3) is 0 Å². The number of carbonyl (C=O) groups is 2. The predicted molar refractivity (Wildman–Crippen MR) is 138 cm³/mol. The fourth-order valence-corrected chi connectivity index (χ4v) is 5.20. The van der Waals surface area contributed by atoms with E-state index < -0.39 is 11.8 Å². The van der Waals surface area contributed by atoms with E-state index in [1.807, 2.05) is 83.1 Å². The van der Waals surface area contributed by atoms with Crippen molar-refractivity contribution in [2.45, 2.75) is 71.5 Å². The van der Waals surface area contributed by atoms with Crippen molar-refractivity contribution in [2.24, 2.45) is 10.9 Å². The topological polar surface area (TPSA) is 65.0 Å². The largest absolute Gasteiger partial charge is 0.491 e. The first kappa shape index (κ1) is 25.2. The van der Waals surface area contributed by atoms with Crippen LogP contribution in [0.5, 0.6) is 5.75 Å². The van der Waals surface area contributed by atoms with E-state index in [0.717, 1.165) is 16.8 Å². The summed E-state index contributed by atoms with van der Waals surface area (Å²) in [6.45, 7) is 9.42. The molecular weight excluding hydrogens is 462 g/mol. The second-order valence-electron chi connectivity index (χ2n) is 9.84. The quantitative estimate of drug-likeness (QED) is 0.422. The lowest BCUT2D eigenvalue weighted by Crippen LogP contribution is -2.39. The molecule has 1 aliphatic heterocycles. The number of carbonyl (C=O) groups excluding carboxylic acids is 2. The smallest absolute Gasteiger partial charge is 0.315 e. The Morgan fingerprint density at radius 1 is 1.00 bits per heavy atom. The monoisotopic (exact) mass is 493 g/mol. The van der Waals surface area contributed by atoms with Gasteiger partial charge in [0.1, 0.15) is 11.7 Å². The van der Waals surface area contributed by atoms with E-state index in [1.165, 1.54) is 0 Å². The summed E-state index contributed by atoms with van der Waals surface area (Å²) in [5.74, 6) is -0.883. The summed E-state index contributed by atoms with van der Waals surface area (Å²) < 4.78 is 11.8. The molecule has 0 spiro atoms. The van der Waals surface area contributed by atoms with Gasteiger partial charge >= 0.3 is 5.97 Å². The highest BCUT2D eigenvalue weighted by molar-refractivity contribution is 6.30. The zero-order valence-electron chi connectivity index (χ0n) is 20.9. The third-order valence-electron chi connectivity index (χ3n) is 6.45. The number of nitrogens with zero attached hydrogens (tertiary/aromatic N) is 1. The number of benzene rings is 2. The van der Waals surface area contributed by atoms with E-state index in [1.54, 1.807) is 0 Å². The minimum atomic E-state index is -0.691. The fraction of sp³-hybridized carbons (Fsp3) is 0.414. The van der Waals surface area contributed by atoms with E-state index >= 15 is 0 Å². The highest BCUT2D eigenvalue weighted by Gasteiger charge is 2.46. The molecule has 2 aromatic carbocycles. The Bertz CT molecular complexity index is 1180. The lowest BCUT2D eigenvalue weighted by Gasteiger charge is -2.37. The van der Waals surface area contributed by atoms with Crippen LogP contribution in [-0.2, 0) is 14.3 Å². The first-order valence-corrected chi connectivity index (χ1v) is 12.6. The summed E-state index contributed by atoms with van der Waals surface area (Å²) >= 11 is 6.07. The highest BCUT2D eigenvalue weighted by Crippen LogP contribution is 2.48. The lowest BCUT2D eigenvalue weighted by atomic mass is 9.69. The van der Waals surface area contributed by atoms with Gasteiger partial charge in [0.05, 0.1) is 12.2 Å². The first-order valence-electron chi connectivity index (χ1n) is 12.2. The summed E-state index contributed by atoms with van der Waals surface area (Å²) in [6, 6.07) is 15.3. The summed E-state index contributed by atoms with van der Waals surface area (Å²) in [7, 11) is 0. The molecule has 1 heterocycles. The summed E-state index contributed by atoms with van der Waals surface area (Å²) in [5.41, 5.74) is 3.88. The van der Waals surface area contributed by atoms with Crippen molar-refractivity contribution in [1.29, 1.82) is 0 Å². The van der Waals surface area contributed by atoms with E-state index in [0.29, 0.717) is 34.9 Å². The van der Waals surface area contributed by atoms with Crippen molar-refractivity contribution < 1.29 is 19.1 Å². The van der Waals surface area contributed by atoms with E-state index in [9.17, 15) is 9.59 Å². The second-order valence-corrected chi connectivity index (χ2v) is 10.3. The highest BCUT2D eigenvalue weighted by atomic mass is 35.5. The van der Waals surface area contributed by atoms with Crippen LogP contribution in [0.4, 0.5) is 0 Å². The Morgan fingerprint density at radius 2 is 1.69 bits per heavy atom. The minimum Gasteiger partial charge on any atom is -0.491 e. The molecule has 184 valence electrons. The normalized spacial score (nSPS) is 22.2. The van der Waals surface area contributed by atoms with Crippen molar-refractivity contribution in [1.82, 2.24) is 0 Å². The van der Waals surface area contributed by atoms with Gasteiger partial charge in [-0.3, -0.25) is 14.6 Å². The molecule has 0 fully saturated rings. The van der Waals surface area contributed by atoms with Gasteiger partial charge in [-0.2, -0.15) is 0 Å². The molecule has 0 N–H and O–H groups in total. The molecule has 0 saturated carbocycles. The molecule has 1 unspecified atom stereocenters. The van der Waals surface area contributed by atoms with Gasteiger partial charge in [-0.1, -0.05) is 41.9 Å². The average molecular weight is 494 g/mol. The third kappa shape index (κ3) is 5.35. The van der Waals surface area contributed by atoms with Crippen molar-refractivity contribution in [3.63, 3.8) is 0 Å². The number of halogens is 1. The Hall–Kier alpha value is -2.92. The molecule has 3 atom stereocenters. The fourth-order valence-electron chi connectivity index (χ4n) is 5.08. The Balaban J connectivity index is 1.83. The molecule has 0 radical (unpaired) electrons. The maximum Gasteiger partial charge on any atom is 0.315 e. The van der Waals surface area contributed by atoms with Crippen LogP contribution < -0.4 is 4.74 Å². The van der Waals surface area contributed by atoms with Gasteiger partial charge in [0, 0.05) is 39.9 Å². The molecule has 0 saturated heterocycles. The maximum atomic E-state index is 13.7. The molecule has 4 rings (SSSR count). The van der Waals surface area contributed by atoms with Crippen molar-refractivity contribution in [2.75, 3.05) is 0 Å². The molecular formula is C29H32ClNO4. The SMILES string of the molecule is CC1=NC2=C(C(=O)C[C@H](c3ccc(Cl)cc3)C2)[C@@H](c2ccccc2OC(C)C)C1C(=O)OC(C)C. The minimum absolute atomic E-state index is 0.00847. The molecule has 2 aromatic rings. The zero-order valence-corrected chi connectivity index (χ0v) is 21.6. The number of Topliss-reactive ketones (excluding diaryl/α,β-unsaturated/α-hetero) is 1. The number of allylic oxidation sites excluding steroid dienone is 2. The van der Waals surface area contributed by atoms with E-state index in [-0.39, 0.29) is 29.9 Å². The van der Waals surface area contributed by atoms with Gasteiger partial charge in [0.15, 0.2) is 5.78 Å². The number of hydrogen-bond acceptors (Lipinski definition) is 5. The molecule has 0 amide bonds. The Kier molecular flexibility index (Phi) is 7.46. The van der Waals surface area contributed by atoms with E-state index in [2.05, 4.69) is 0 Å². The number of rotatable bonds is 6. The number of hydrogen-bond donors (Lipinski definition) is 0. The van der Waals surface area contributed by atoms with Crippen LogP contribution in [0.1, 0.15) is 70.4 Å². The lowest BCUT2D eigenvalue weighted by molar-refractivity contribution is -0.150. The van der Waals surface area contributed by atoms with Gasteiger partial charge < -0.3 is 9.47 Å². The summed E-state index contributed by atoms with van der Waals surface area (Å²) in [6.07, 6.45) is 0.644. The third-order valence-corrected chi connectivity index (χ3v) is 6.70. The van der Waals surface area contributed by atoms with Gasteiger partial charge in [-0.15, -0.1) is 0 Å². The number of para-hydroxylation sites is 1. The Labute approximate surface area is 212 Å². The van der Waals surface area contributed by atoms with Gasteiger partial charge in [0.25, 0.3) is 0 Å². The number of ether oxygens (including phenoxy) is 2. The van der Waals surface area contributed by atoms with Crippen LogP contribution in [0, 0.1) is 5.92 Å². The Morgan fingerprint density at radius 3 is 2.34 bits per heavy atom. The van der Waals surface area contributed by atoms with Crippen LogP contribution in [0.3, 0.4) is 0 Å². The average Bonchev–Trinajstić information content (AvgIpc) is 2.78. The van der Waals surface area contributed by atoms with Crippen molar-refractivity contribution in [3.05, 3.63) is 76.0 Å². The van der Waals surface area contributed by atoms with Crippen molar-refractivity contribution in [3.8, 4) is 5.75 Å². The predicted octanol–water partition coefficient (Wildman–Crippen LogP) is 6.65. The van der Waals surface area contributed by atoms with Crippen LogP contribution in [-0.4, -0.2) is 29.7 Å². The van der Waals surface area contributed by atoms with E-state index in [4.69, 9.17) is 26.1 Å². The molecule has 6 heteroatoms. The van der Waals surface area contributed by atoms with Crippen LogP contribution in [0.15, 0.2) is 64.8 Å². The molecule has 1 aliphatic carbocycles.